The molecule has 0 atom stereocenters. The van der Waals surface area contributed by atoms with Gasteiger partial charge in [0.1, 0.15) is 0 Å². The van der Waals surface area contributed by atoms with Gasteiger partial charge in [-0.3, -0.25) is 4.79 Å². The van der Waals surface area contributed by atoms with Crippen LogP contribution >= 0.6 is 0 Å². The number of aromatic nitrogens is 3. The fourth-order valence-corrected chi connectivity index (χ4v) is 1.70. The van der Waals surface area contributed by atoms with Crippen LogP contribution < -0.4 is 5.73 Å². The number of nitrogens with zero attached hydrogens (tertiary/aromatic N) is 3. The molecule has 0 aromatic carbocycles. The number of pyridine rings is 1. The lowest BCUT2D eigenvalue weighted by atomic mass is 10.2. The van der Waals surface area contributed by atoms with Crippen molar-refractivity contribution >= 4 is 11.4 Å². The van der Waals surface area contributed by atoms with Crippen LogP contribution in [0.2, 0.25) is 0 Å². The molecular formula is C11H12N4O. The lowest BCUT2D eigenvalue weighted by Crippen LogP contribution is -2.13. The van der Waals surface area contributed by atoms with Gasteiger partial charge in [0.25, 0.3) is 0 Å². The van der Waals surface area contributed by atoms with Crippen LogP contribution in [-0.2, 0) is 0 Å². The van der Waals surface area contributed by atoms with Crippen molar-refractivity contribution in [2.45, 2.75) is 18.8 Å². The molecule has 2 heterocycles. The molecule has 16 heavy (non-hydrogen) atoms. The molecule has 1 aliphatic rings. The summed E-state index contributed by atoms with van der Waals surface area (Å²) < 4.78 is 1.71. The van der Waals surface area contributed by atoms with E-state index in [9.17, 15) is 4.79 Å². The van der Waals surface area contributed by atoms with E-state index in [1.54, 1.807) is 22.8 Å². The molecule has 1 fully saturated rings. The number of carbonyl (C=O) groups excluding carboxylic acids is 1. The molecule has 5 nitrogen and oxygen atoms in total. The highest BCUT2D eigenvalue weighted by Crippen LogP contribution is 2.38. The summed E-state index contributed by atoms with van der Waals surface area (Å²) in [6.45, 7) is 0.0276. The third-order valence-electron chi connectivity index (χ3n) is 2.80. The normalized spacial score (nSPS) is 15.6. The number of ketones is 1. The minimum atomic E-state index is -0.0709. The molecule has 2 aromatic heterocycles. The van der Waals surface area contributed by atoms with Crippen molar-refractivity contribution in [1.29, 1.82) is 0 Å². The third-order valence-corrected chi connectivity index (χ3v) is 2.80. The molecule has 0 saturated heterocycles. The van der Waals surface area contributed by atoms with Crippen LogP contribution in [0, 0.1) is 0 Å². The average molecular weight is 216 g/mol. The standard InChI is InChI=1S/C11H12N4O/c12-6-9(16)8-3-4-15-10(5-8)13-11(14-15)7-1-2-7/h3-5,7H,1-2,6,12H2. The second-order valence-electron chi connectivity index (χ2n) is 4.09. The van der Waals surface area contributed by atoms with Crippen molar-refractivity contribution in [3.8, 4) is 0 Å². The third kappa shape index (κ3) is 1.49. The minimum absolute atomic E-state index is 0.0276. The number of hydrogen-bond acceptors (Lipinski definition) is 4. The molecule has 3 rings (SSSR count). The van der Waals surface area contributed by atoms with Crippen molar-refractivity contribution in [3.05, 3.63) is 29.7 Å². The summed E-state index contributed by atoms with van der Waals surface area (Å²) in [5, 5.41) is 4.36. The zero-order chi connectivity index (χ0) is 11.1. The number of hydrogen-bond donors (Lipinski definition) is 1. The summed E-state index contributed by atoms with van der Waals surface area (Å²) >= 11 is 0. The maximum Gasteiger partial charge on any atom is 0.176 e. The molecule has 2 N–H and O–H groups in total. The van der Waals surface area contributed by atoms with Gasteiger partial charge in [-0.1, -0.05) is 0 Å². The Balaban J connectivity index is 2.06. The van der Waals surface area contributed by atoms with Gasteiger partial charge in [0.15, 0.2) is 17.3 Å². The quantitative estimate of drug-likeness (QED) is 0.768. The smallest absolute Gasteiger partial charge is 0.176 e. The summed E-state index contributed by atoms with van der Waals surface area (Å²) in [4.78, 5) is 15.8. The Hall–Kier alpha value is -1.75. The zero-order valence-corrected chi connectivity index (χ0v) is 8.76. The van der Waals surface area contributed by atoms with Crippen LogP contribution in [0.25, 0.3) is 5.65 Å². The fourth-order valence-electron chi connectivity index (χ4n) is 1.70. The van der Waals surface area contributed by atoms with Crippen molar-refractivity contribution < 1.29 is 4.79 Å². The highest BCUT2D eigenvalue weighted by Gasteiger charge is 2.27. The predicted molar refractivity (Wildman–Crippen MR) is 58.3 cm³/mol. The Morgan fingerprint density at radius 1 is 1.56 bits per heavy atom. The van der Waals surface area contributed by atoms with Gasteiger partial charge < -0.3 is 5.73 Å². The molecule has 0 bridgehead atoms. The number of carbonyl (C=O) groups is 1. The highest BCUT2D eigenvalue weighted by atomic mass is 16.1. The van der Waals surface area contributed by atoms with E-state index in [4.69, 9.17) is 5.73 Å². The van der Waals surface area contributed by atoms with E-state index < -0.39 is 0 Å². The summed E-state index contributed by atoms with van der Waals surface area (Å²) in [5.41, 5.74) is 6.64. The van der Waals surface area contributed by atoms with Crippen molar-refractivity contribution in [2.75, 3.05) is 6.54 Å². The Bertz CT molecular complexity index is 556. The van der Waals surface area contributed by atoms with Gasteiger partial charge in [0, 0.05) is 17.7 Å². The largest absolute Gasteiger partial charge is 0.324 e. The van der Waals surface area contributed by atoms with Gasteiger partial charge in [-0.25, -0.2) is 9.50 Å². The molecule has 2 aromatic rings. The van der Waals surface area contributed by atoms with Crippen LogP contribution in [0.4, 0.5) is 0 Å². The van der Waals surface area contributed by atoms with Gasteiger partial charge in [0.2, 0.25) is 0 Å². The van der Waals surface area contributed by atoms with Crippen LogP contribution in [-0.4, -0.2) is 26.9 Å². The first-order valence-electron chi connectivity index (χ1n) is 5.37. The van der Waals surface area contributed by atoms with Crippen LogP contribution in [0.1, 0.15) is 34.9 Å². The van der Waals surface area contributed by atoms with Gasteiger partial charge >= 0.3 is 0 Å². The highest BCUT2D eigenvalue weighted by molar-refractivity contribution is 5.98. The van der Waals surface area contributed by atoms with Crippen LogP contribution in [0.3, 0.4) is 0 Å². The molecule has 5 heteroatoms. The number of rotatable bonds is 3. The maximum atomic E-state index is 11.4. The molecule has 0 spiro atoms. The van der Waals surface area contributed by atoms with E-state index in [1.165, 1.54) is 12.8 Å². The first-order valence-corrected chi connectivity index (χ1v) is 5.37. The summed E-state index contributed by atoms with van der Waals surface area (Å²) in [6, 6.07) is 3.47. The minimum Gasteiger partial charge on any atom is -0.324 e. The van der Waals surface area contributed by atoms with Gasteiger partial charge in [-0.05, 0) is 25.0 Å². The lowest BCUT2D eigenvalue weighted by molar-refractivity contribution is 0.100. The van der Waals surface area contributed by atoms with E-state index in [-0.39, 0.29) is 12.3 Å². The Kier molecular flexibility index (Phi) is 2.00. The second-order valence-corrected chi connectivity index (χ2v) is 4.09. The Morgan fingerprint density at radius 2 is 2.38 bits per heavy atom. The molecular weight excluding hydrogens is 204 g/mol. The van der Waals surface area contributed by atoms with E-state index in [0.717, 1.165) is 11.5 Å². The fraction of sp³-hybridized carbons (Fsp3) is 0.364. The van der Waals surface area contributed by atoms with E-state index >= 15 is 0 Å². The van der Waals surface area contributed by atoms with Gasteiger partial charge in [-0.2, -0.15) is 5.10 Å². The summed E-state index contributed by atoms with van der Waals surface area (Å²) in [7, 11) is 0. The maximum absolute atomic E-state index is 11.4. The zero-order valence-electron chi connectivity index (χ0n) is 8.76. The van der Waals surface area contributed by atoms with Crippen LogP contribution in [0.15, 0.2) is 18.3 Å². The average Bonchev–Trinajstić information content (AvgIpc) is 3.07. The summed E-state index contributed by atoms with van der Waals surface area (Å²) in [6.07, 6.45) is 4.11. The Morgan fingerprint density at radius 3 is 3.06 bits per heavy atom. The molecule has 0 unspecified atom stereocenters. The summed E-state index contributed by atoms with van der Waals surface area (Å²) in [5.74, 6) is 1.34. The SMILES string of the molecule is NCC(=O)c1ccn2nc(C3CC3)nc2c1. The molecule has 1 saturated carbocycles. The monoisotopic (exact) mass is 216 g/mol. The first kappa shape index (κ1) is 9.47. The molecule has 0 radical (unpaired) electrons. The number of Topliss-reactive ketones (excluding diaryl/α,β-unsaturated/α-hetero) is 1. The predicted octanol–water partition coefficient (Wildman–Crippen LogP) is 0.748. The van der Waals surface area contributed by atoms with Crippen molar-refractivity contribution in [2.24, 2.45) is 5.73 Å². The number of nitrogens with two attached hydrogens (primary N) is 1. The van der Waals surface area contributed by atoms with Gasteiger partial charge in [-0.15, -0.1) is 0 Å². The second kappa shape index (κ2) is 3.38. The molecule has 82 valence electrons. The lowest BCUT2D eigenvalue weighted by Gasteiger charge is -1.97. The molecule has 0 aliphatic heterocycles. The number of fused-ring (bicyclic) bond motifs is 1. The van der Waals surface area contributed by atoms with Crippen LogP contribution in [0.5, 0.6) is 0 Å². The molecule has 0 amide bonds. The van der Waals surface area contributed by atoms with Crippen molar-refractivity contribution in [3.63, 3.8) is 0 Å². The van der Waals surface area contributed by atoms with E-state index in [0.29, 0.717) is 11.5 Å². The van der Waals surface area contributed by atoms with E-state index in [1.807, 2.05) is 0 Å². The molecule has 1 aliphatic carbocycles. The first-order chi connectivity index (χ1) is 7.78. The topological polar surface area (TPSA) is 73.3 Å². The van der Waals surface area contributed by atoms with Gasteiger partial charge in [0.05, 0.1) is 6.54 Å². The van der Waals surface area contributed by atoms with Crippen molar-refractivity contribution in [1.82, 2.24) is 14.6 Å². The van der Waals surface area contributed by atoms with E-state index in [2.05, 4.69) is 10.1 Å². The Labute approximate surface area is 92.3 Å².